The summed E-state index contributed by atoms with van der Waals surface area (Å²) in [4.78, 5) is 71.8. The van der Waals surface area contributed by atoms with Crippen molar-refractivity contribution in [1.29, 1.82) is 0 Å². The zero-order valence-corrected chi connectivity index (χ0v) is 21.1. The Morgan fingerprint density at radius 2 is 1.13 bits per heavy atom. The molecular formula is C23H33N5O11. The number of nitrogens with two attached hydrogens (primary N) is 1. The van der Waals surface area contributed by atoms with E-state index in [1.807, 2.05) is 0 Å². The summed E-state index contributed by atoms with van der Waals surface area (Å²) in [5.41, 5.74) is 6.35. The second-order valence-corrected chi connectivity index (χ2v) is 8.63. The zero-order chi connectivity index (χ0) is 29.5. The van der Waals surface area contributed by atoms with Gasteiger partial charge in [-0.05, 0) is 24.1 Å². The first kappa shape index (κ1) is 32.9. The Labute approximate surface area is 223 Å². The van der Waals surface area contributed by atoms with Crippen molar-refractivity contribution in [3.05, 3.63) is 29.8 Å². The fraction of sp³-hybridized carbons (Fsp3) is 0.478. The van der Waals surface area contributed by atoms with Crippen molar-refractivity contribution in [2.75, 3.05) is 64.2 Å². The van der Waals surface area contributed by atoms with Crippen LogP contribution in [-0.2, 0) is 35.2 Å². The lowest BCUT2D eigenvalue weighted by molar-refractivity contribution is -0.144. The number of nitrogens with zero attached hydrogens (tertiary/aromatic N) is 3. The molecule has 216 valence electrons. The van der Waals surface area contributed by atoms with Crippen molar-refractivity contribution < 1.29 is 54.3 Å². The molecule has 16 nitrogen and oxygen atoms in total. The Kier molecular flexibility index (Phi) is 14.1. The largest absolute Gasteiger partial charge is 0.480 e. The van der Waals surface area contributed by atoms with Crippen LogP contribution < -0.4 is 11.1 Å². The van der Waals surface area contributed by atoms with E-state index in [0.29, 0.717) is 11.3 Å². The normalized spacial score (nSPS) is 11.9. The molecule has 1 rings (SSSR count). The van der Waals surface area contributed by atoms with Crippen molar-refractivity contribution >= 4 is 41.4 Å². The van der Waals surface area contributed by atoms with Gasteiger partial charge in [-0.1, -0.05) is 12.1 Å². The molecule has 0 fully saturated rings. The van der Waals surface area contributed by atoms with Crippen molar-refractivity contribution in [3.63, 3.8) is 0 Å². The fourth-order valence-corrected chi connectivity index (χ4v) is 3.78. The summed E-state index contributed by atoms with van der Waals surface area (Å²) in [6.45, 7) is -3.66. The number of amides is 1. The highest BCUT2D eigenvalue weighted by atomic mass is 16.4. The number of carboxylic acids is 5. The predicted molar refractivity (Wildman–Crippen MR) is 134 cm³/mol. The summed E-state index contributed by atoms with van der Waals surface area (Å²) in [5, 5.41) is 48.8. The van der Waals surface area contributed by atoms with Crippen molar-refractivity contribution in [1.82, 2.24) is 14.7 Å². The average Bonchev–Trinajstić information content (AvgIpc) is 2.81. The topological polar surface area (TPSA) is 251 Å². The van der Waals surface area contributed by atoms with E-state index in [0.717, 1.165) is 9.80 Å². The minimum Gasteiger partial charge on any atom is -0.480 e. The molecule has 0 saturated carbocycles. The molecular weight excluding hydrogens is 522 g/mol. The Balaban J connectivity index is 3.23. The molecule has 16 heteroatoms. The zero-order valence-electron chi connectivity index (χ0n) is 21.1. The van der Waals surface area contributed by atoms with Crippen LogP contribution in [0, 0.1) is 0 Å². The van der Waals surface area contributed by atoms with E-state index >= 15 is 0 Å². The molecule has 0 aliphatic carbocycles. The molecule has 1 aromatic rings. The van der Waals surface area contributed by atoms with Gasteiger partial charge in [0, 0.05) is 31.4 Å². The third-order valence-corrected chi connectivity index (χ3v) is 5.37. The highest BCUT2D eigenvalue weighted by Gasteiger charge is 2.27. The van der Waals surface area contributed by atoms with E-state index in [9.17, 15) is 44.1 Å². The fourth-order valence-electron chi connectivity index (χ4n) is 3.78. The number of carboxylic acid groups (broad SMARTS) is 5. The first-order chi connectivity index (χ1) is 18.3. The molecule has 0 bridgehead atoms. The molecule has 39 heavy (non-hydrogen) atoms. The van der Waals surface area contributed by atoms with Crippen LogP contribution in [0.3, 0.4) is 0 Å². The maximum absolute atomic E-state index is 11.5. The summed E-state index contributed by atoms with van der Waals surface area (Å²) < 4.78 is 0. The summed E-state index contributed by atoms with van der Waals surface area (Å²) in [6.07, 6.45) is 0.0930. The van der Waals surface area contributed by atoms with Crippen LogP contribution in [0.1, 0.15) is 5.56 Å². The monoisotopic (exact) mass is 555 g/mol. The van der Waals surface area contributed by atoms with Gasteiger partial charge >= 0.3 is 29.8 Å². The molecule has 0 aliphatic heterocycles. The Morgan fingerprint density at radius 1 is 0.692 bits per heavy atom. The lowest BCUT2D eigenvalue weighted by Gasteiger charge is -2.34. The molecule has 0 radical (unpaired) electrons. The van der Waals surface area contributed by atoms with Crippen LogP contribution in [-0.4, -0.2) is 141 Å². The van der Waals surface area contributed by atoms with Gasteiger partial charge in [0.05, 0.1) is 39.3 Å². The number of aliphatic carboxylic acids is 5. The maximum atomic E-state index is 11.5. The van der Waals surface area contributed by atoms with Gasteiger partial charge in [0.25, 0.3) is 0 Å². The van der Waals surface area contributed by atoms with Gasteiger partial charge in [-0.2, -0.15) is 0 Å². The highest BCUT2D eigenvalue weighted by molar-refractivity contribution is 5.92. The van der Waals surface area contributed by atoms with Gasteiger partial charge in [0.1, 0.15) is 0 Å². The van der Waals surface area contributed by atoms with E-state index in [4.69, 9.17) is 15.9 Å². The summed E-state index contributed by atoms with van der Waals surface area (Å²) in [5.74, 6) is -6.84. The SMILES string of the molecule is NCC(=O)Nc1ccc(CC(CN(CCN(CC(=O)O)CC(=O)O)CC(=O)O)N(CC(=O)O)CC(=O)O)cc1. The molecule has 8 N–H and O–H groups in total. The van der Waals surface area contributed by atoms with E-state index < -0.39 is 74.5 Å². The summed E-state index contributed by atoms with van der Waals surface area (Å²) in [6, 6.07) is 5.57. The van der Waals surface area contributed by atoms with Gasteiger partial charge < -0.3 is 36.6 Å². The molecule has 1 atom stereocenters. The summed E-state index contributed by atoms with van der Waals surface area (Å²) in [7, 11) is 0. The molecule has 0 aromatic heterocycles. The predicted octanol–water partition coefficient (Wildman–Crippen LogP) is -2.18. The van der Waals surface area contributed by atoms with E-state index in [-0.39, 0.29) is 32.6 Å². The van der Waals surface area contributed by atoms with Gasteiger partial charge in [0.15, 0.2) is 0 Å². The van der Waals surface area contributed by atoms with E-state index in [1.54, 1.807) is 24.3 Å². The van der Waals surface area contributed by atoms with E-state index in [2.05, 4.69) is 5.32 Å². The van der Waals surface area contributed by atoms with Gasteiger partial charge in [-0.15, -0.1) is 0 Å². The first-order valence-corrected chi connectivity index (χ1v) is 11.7. The molecule has 0 spiro atoms. The number of hydrogen-bond acceptors (Lipinski definition) is 10. The van der Waals surface area contributed by atoms with E-state index in [1.165, 1.54) is 4.90 Å². The number of nitrogens with one attached hydrogen (secondary N) is 1. The second kappa shape index (κ2) is 16.7. The van der Waals surface area contributed by atoms with Crippen LogP contribution in [0.15, 0.2) is 24.3 Å². The minimum atomic E-state index is -1.31. The Morgan fingerprint density at radius 3 is 1.56 bits per heavy atom. The standard InChI is InChI=1S/C23H33N5O11/c24-8-18(29)25-16-3-1-15(2-4-16)7-17(28(13-22(36)37)14-23(38)39)9-26(10-19(30)31)5-6-27(11-20(32)33)12-21(34)35/h1-4,17H,5-14,24H2,(H,25,29)(H,30,31)(H,32,33)(H,34,35)(H,36,37)(H,38,39). The molecule has 0 heterocycles. The van der Waals surface area contributed by atoms with Crippen LogP contribution in [0.25, 0.3) is 0 Å². The van der Waals surface area contributed by atoms with Crippen LogP contribution >= 0.6 is 0 Å². The number of hydrogen-bond donors (Lipinski definition) is 7. The van der Waals surface area contributed by atoms with Crippen LogP contribution in [0.2, 0.25) is 0 Å². The smallest absolute Gasteiger partial charge is 0.317 e. The molecule has 0 saturated heterocycles. The van der Waals surface area contributed by atoms with Crippen molar-refractivity contribution in [2.24, 2.45) is 5.73 Å². The highest BCUT2D eigenvalue weighted by Crippen LogP contribution is 2.15. The van der Waals surface area contributed by atoms with Crippen LogP contribution in [0.4, 0.5) is 5.69 Å². The third kappa shape index (κ3) is 14.4. The number of carbonyl (C=O) groups excluding carboxylic acids is 1. The quantitative estimate of drug-likeness (QED) is 0.0903. The lowest BCUT2D eigenvalue weighted by Crippen LogP contribution is -2.51. The second-order valence-electron chi connectivity index (χ2n) is 8.63. The molecule has 1 unspecified atom stereocenters. The third-order valence-electron chi connectivity index (χ3n) is 5.37. The number of anilines is 1. The van der Waals surface area contributed by atoms with Crippen molar-refractivity contribution in [2.45, 2.75) is 12.5 Å². The van der Waals surface area contributed by atoms with Gasteiger partial charge in [0.2, 0.25) is 5.91 Å². The first-order valence-electron chi connectivity index (χ1n) is 11.7. The Hall–Kier alpha value is -4.12. The van der Waals surface area contributed by atoms with Gasteiger partial charge in [-0.3, -0.25) is 43.5 Å². The van der Waals surface area contributed by atoms with Crippen molar-refractivity contribution in [3.8, 4) is 0 Å². The number of rotatable bonds is 20. The Bertz CT molecular complexity index is 986. The molecule has 1 aromatic carbocycles. The average molecular weight is 556 g/mol. The minimum absolute atomic E-state index is 0.0930. The van der Waals surface area contributed by atoms with Crippen LogP contribution in [0.5, 0.6) is 0 Å². The number of carbonyl (C=O) groups is 6. The molecule has 1 amide bonds. The lowest BCUT2D eigenvalue weighted by atomic mass is 10.0. The maximum Gasteiger partial charge on any atom is 0.317 e. The summed E-state index contributed by atoms with van der Waals surface area (Å²) >= 11 is 0. The van der Waals surface area contributed by atoms with Gasteiger partial charge in [-0.25, -0.2) is 0 Å². The molecule has 0 aliphatic rings. The number of benzene rings is 1.